The van der Waals surface area contributed by atoms with Gasteiger partial charge in [0.2, 0.25) is 5.91 Å². The number of ketones is 1. The van der Waals surface area contributed by atoms with E-state index in [2.05, 4.69) is 22.3 Å². The Labute approximate surface area is 212 Å². The van der Waals surface area contributed by atoms with Gasteiger partial charge >= 0.3 is 0 Å². The molecule has 2 amide bonds. The van der Waals surface area contributed by atoms with Crippen LogP contribution in [-0.2, 0) is 14.3 Å². The highest BCUT2D eigenvalue weighted by Crippen LogP contribution is 2.37. The first-order valence-electron chi connectivity index (χ1n) is 13.8. The Morgan fingerprint density at radius 3 is 2.33 bits per heavy atom. The zero-order valence-electron chi connectivity index (χ0n) is 20.9. The summed E-state index contributed by atoms with van der Waals surface area (Å²) in [6.07, 6.45) is 7.58. The van der Waals surface area contributed by atoms with Crippen molar-refractivity contribution in [2.75, 3.05) is 26.2 Å². The van der Waals surface area contributed by atoms with Crippen LogP contribution in [0.2, 0.25) is 0 Å². The summed E-state index contributed by atoms with van der Waals surface area (Å²) >= 11 is 0. The lowest BCUT2D eigenvalue weighted by Crippen LogP contribution is -2.60. The van der Waals surface area contributed by atoms with Gasteiger partial charge in [-0.1, -0.05) is 31.4 Å². The largest absolute Gasteiger partial charge is 0.388 e. The first-order valence-corrected chi connectivity index (χ1v) is 13.8. The molecular weight excluding hydrogens is 458 g/mol. The Morgan fingerprint density at radius 2 is 1.69 bits per heavy atom. The number of carbonyl (C=O) groups excluding carboxylic acids is 3. The molecule has 3 atom stereocenters. The standard InChI is InChI=1S/C28H37N3O5/c32-22-16-31(24-23(33)17-36-25(22)24)27(35)28(12-1-2-13-28)29-26(34)20-8-6-18(7-9-20)19-10-14-30(15-11-19)21-4-3-5-21/h6-9,19,21-22,24-25,32H,1-5,10-17H2,(H,29,34)/t22-,24+,25+/m0/s1. The fourth-order valence-corrected chi connectivity index (χ4v) is 7.03. The molecule has 1 aromatic carbocycles. The number of ether oxygens (including phenoxy) is 1. The van der Waals surface area contributed by atoms with E-state index in [1.165, 1.54) is 29.7 Å². The third kappa shape index (κ3) is 4.17. The highest BCUT2D eigenvalue weighted by molar-refractivity contribution is 6.01. The number of carbonyl (C=O) groups is 3. The van der Waals surface area contributed by atoms with Crippen molar-refractivity contribution in [3.05, 3.63) is 35.4 Å². The van der Waals surface area contributed by atoms with Crippen LogP contribution in [0.4, 0.5) is 0 Å². The van der Waals surface area contributed by atoms with Crippen LogP contribution < -0.4 is 5.32 Å². The smallest absolute Gasteiger partial charge is 0.252 e. The number of Topliss-reactive ketones (excluding diaryl/α,β-unsaturated/α-hetero) is 1. The van der Waals surface area contributed by atoms with Gasteiger partial charge in [-0.05, 0) is 75.2 Å². The number of aliphatic hydroxyl groups is 1. The fraction of sp³-hybridized carbons (Fsp3) is 0.679. The average molecular weight is 496 g/mol. The molecule has 1 aromatic rings. The van der Waals surface area contributed by atoms with Crippen LogP contribution in [0.1, 0.15) is 79.6 Å². The molecule has 0 unspecified atom stereocenters. The first kappa shape index (κ1) is 24.1. The van der Waals surface area contributed by atoms with E-state index >= 15 is 0 Å². The summed E-state index contributed by atoms with van der Waals surface area (Å²) in [6.45, 7) is 2.29. The van der Waals surface area contributed by atoms with Crippen molar-refractivity contribution in [3.8, 4) is 0 Å². The highest BCUT2D eigenvalue weighted by atomic mass is 16.5. The summed E-state index contributed by atoms with van der Waals surface area (Å²) < 4.78 is 5.43. The van der Waals surface area contributed by atoms with Crippen LogP contribution in [0.25, 0.3) is 0 Å². The molecule has 8 heteroatoms. The van der Waals surface area contributed by atoms with Crippen LogP contribution in [0.5, 0.6) is 0 Å². The topological polar surface area (TPSA) is 99.2 Å². The Hall–Kier alpha value is -2.29. The average Bonchev–Trinajstić information content (AvgIpc) is 3.57. The monoisotopic (exact) mass is 495 g/mol. The van der Waals surface area contributed by atoms with E-state index in [4.69, 9.17) is 4.74 Å². The zero-order chi connectivity index (χ0) is 24.9. The van der Waals surface area contributed by atoms with Crippen molar-refractivity contribution in [2.45, 2.75) is 93.5 Å². The summed E-state index contributed by atoms with van der Waals surface area (Å²) in [5.41, 5.74) is 0.786. The van der Waals surface area contributed by atoms with Gasteiger partial charge in [-0.2, -0.15) is 0 Å². The van der Waals surface area contributed by atoms with E-state index in [9.17, 15) is 19.5 Å². The van der Waals surface area contributed by atoms with Crippen molar-refractivity contribution < 1.29 is 24.2 Å². The van der Waals surface area contributed by atoms with Gasteiger partial charge in [0.1, 0.15) is 30.4 Å². The van der Waals surface area contributed by atoms with Gasteiger partial charge in [0, 0.05) is 11.6 Å². The summed E-state index contributed by atoms with van der Waals surface area (Å²) in [5, 5.41) is 13.4. The maximum absolute atomic E-state index is 13.7. The van der Waals surface area contributed by atoms with Crippen LogP contribution in [0, 0.1) is 0 Å². The molecule has 36 heavy (non-hydrogen) atoms. The van der Waals surface area contributed by atoms with Gasteiger partial charge in [-0.3, -0.25) is 14.4 Å². The minimum atomic E-state index is -1.04. The molecule has 6 rings (SSSR count). The molecule has 5 aliphatic rings. The van der Waals surface area contributed by atoms with E-state index in [1.54, 1.807) is 0 Å². The number of benzene rings is 1. The number of nitrogens with one attached hydrogen (secondary N) is 1. The maximum atomic E-state index is 13.7. The number of hydrogen-bond donors (Lipinski definition) is 2. The Bertz CT molecular complexity index is 1010. The third-order valence-corrected chi connectivity index (χ3v) is 9.40. The molecule has 194 valence electrons. The molecule has 3 saturated heterocycles. The predicted molar refractivity (Wildman–Crippen MR) is 133 cm³/mol. The summed E-state index contributed by atoms with van der Waals surface area (Å²) in [4.78, 5) is 43.5. The van der Waals surface area contributed by atoms with E-state index < -0.39 is 23.8 Å². The Kier molecular flexibility index (Phi) is 6.38. The Morgan fingerprint density at radius 1 is 1.00 bits per heavy atom. The summed E-state index contributed by atoms with van der Waals surface area (Å²) in [7, 11) is 0. The number of piperidine rings is 1. The predicted octanol–water partition coefficient (Wildman–Crippen LogP) is 2.00. The minimum absolute atomic E-state index is 0.0613. The second kappa shape index (κ2) is 9.54. The lowest BCUT2D eigenvalue weighted by Gasteiger charge is -2.42. The molecule has 0 aromatic heterocycles. The van der Waals surface area contributed by atoms with Crippen LogP contribution >= 0.6 is 0 Å². The number of hydrogen-bond acceptors (Lipinski definition) is 6. The lowest BCUT2D eigenvalue weighted by atomic mass is 9.85. The number of fused-ring (bicyclic) bond motifs is 1. The summed E-state index contributed by atoms with van der Waals surface area (Å²) in [5.74, 6) is -0.184. The van der Waals surface area contributed by atoms with E-state index in [1.807, 2.05) is 12.1 Å². The number of likely N-dealkylation sites (tertiary alicyclic amines) is 2. The number of rotatable bonds is 5. The molecule has 2 saturated carbocycles. The lowest BCUT2D eigenvalue weighted by molar-refractivity contribution is -0.142. The van der Waals surface area contributed by atoms with Crippen LogP contribution in [-0.4, -0.2) is 88.6 Å². The normalized spacial score (nSPS) is 30.9. The minimum Gasteiger partial charge on any atom is -0.388 e. The molecule has 3 aliphatic heterocycles. The van der Waals surface area contributed by atoms with Crippen molar-refractivity contribution in [1.29, 1.82) is 0 Å². The molecule has 3 heterocycles. The molecule has 0 spiro atoms. The first-order chi connectivity index (χ1) is 17.4. The van der Waals surface area contributed by atoms with Crippen LogP contribution in [0.15, 0.2) is 24.3 Å². The third-order valence-electron chi connectivity index (χ3n) is 9.40. The molecule has 5 fully saturated rings. The Balaban J connectivity index is 1.12. The van der Waals surface area contributed by atoms with Gasteiger partial charge in [0.15, 0.2) is 5.78 Å². The van der Waals surface area contributed by atoms with Crippen molar-refractivity contribution in [1.82, 2.24) is 15.1 Å². The molecule has 0 bridgehead atoms. The molecular formula is C28H37N3O5. The number of nitrogens with zero attached hydrogens (tertiary/aromatic N) is 2. The SMILES string of the molecule is O=C(NC1(C(=O)N2C[C@H](O)[C@H]3OCC(=O)[C@H]32)CCCC1)c1ccc(C2CCN(C3CCC3)CC2)cc1. The fourth-order valence-electron chi connectivity index (χ4n) is 7.03. The molecule has 2 N–H and O–H groups in total. The van der Waals surface area contributed by atoms with Crippen molar-refractivity contribution in [3.63, 3.8) is 0 Å². The van der Waals surface area contributed by atoms with Gasteiger partial charge < -0.3 is 25.0 Å². The number of amides is 2. The highest BCUT2D eigenvalue weighted by Gasteiger charge is 2.56. The number of β-amino-alcohol motifs (C(OH)–C–C–N with tert-alkyl or cyclic N) is 1. The molecule has 8 nitrogen and oxygen atoms in total. The van der Waals surface area contributed by atoms with Crippen molar-refractivity contribution in [2.24, 2.45) is 0 Å². The van der Waals surface area contributed by atoms with Gasteiger partial charge in [-0.15, -0.1) is 0 Å². The molecule has 0 radical (unpaired) electrons. The summed E-state index contributed by atoms with van der Waals surface area (Å²) in [6, 6.07) is 7.93. The maximum Gasteiger partial charge on any atom is 0.252 e. The van der Waals surface area contributed by atoms with Crippen molar-refractivity contribution >= 4 is 17.6 Å². The van der Waals surface area contributed by atoms with E-state index in [0.717, 1.165) is 44.8 Å². The second-order valence-electron chi connectivity index (χ2n) is 11.5. The second-order valence-corrected chi connectivity index (χ2v) is 11.5. The number of aliphatic hydroxyl groups excluding tert-OH is 1. The van der Waals surface area contributed by atoms with E-state index in [-0.39, 0.29) is 30.7 Å². The quantitative estimate of drug-likeness (QED) is 0.648. The van der Waals surface area contributed by atoms with Crippen LogP contribution in [0.3, 0.4) is 0 Å². The van der Waals surface area contributed by atoms with E-state index in [0.29, 0.717) is 24.3 Å². The zero-order valence-corrected chi connectivity index (χ0v) is 20.9. The van der Waals surface area contributed by atoms with Gasteiger partial charge in [-0.25, -0.2) is 0 Å². The van der Waals surface area contributed by atoms with Gasteiger partial charge in [0.05, 0.1) is 6.54 Å². The molecule has 2 aliphatic carbocycles. The van der Waals surface area contributed by atoms with Gasteiger partial charge in [0.25, 0.3) is 5.91 Å².